The number of hydrogen-bond acceptors (Lipinski definition) is 1. The van der Waals surface area contributed by atoms with E-state index in [0.717, 1.165) is 30.4 Å². The molecule has 0 saturated heterocycles. The van der Waals surface area contributed by atoms with Gasteiger partial charge in [0.1, 0.15) is 5.82 Å². The summed E-state index contributed by atoms with van der Waals surface area (Å²) in [5.74, 6) is -0.199. The van der Waals surface area contributed by atoms with Crippen molar-refractivity contribution < 1.29 is 4.39 Å². The van der Waals surface area contributed by atoms with Crippen molar-refractivity contribution in [1.29, 1.82) is 0 Å². The first-order chi connectivity index (χ1) is 7.25. The molecule has 0 radical (unpaired) electrons. The molecule has 0 unspecified atom stereocenters. The van der Waals surface area contributed by atoms with Gasteiger partial charge in [0.15, 0.2) is 0 Å². The number of rotatable bonds is 0. The Balaban J connectivity index is 2.33. The summed E-state index contributed by atoms with van der Waals surface area (Å²) in [7, 11) is 0. The van der Waals surface area contributed by atoms with Gasteiger partial charge in [-0.2, -0.15) is 0 Å². The molecule has 0 saturated carbocycles. The number of benzene rings is 1. The fourth-order valence-electron chi connectivity index (χ4n) is 2.14. The Hall–Kier alpha value is -0.870. The van der Waals surface area contributed by atoms with Gasteiger partial charge in [0, 0.05) is 36.1 Å². The van der Waals surface area contributed by atoms with E-state index in [1.165, 1.54) is 11.3 Å². The third kappa shape index (κ3) is 1.40. The zero-order valence-corrected chi connectivity index (χ0v) is 9.62. The first-order valence-electron chi connectivity index (χ1n) is 4.95. The van der Waals surface area contributed by atoms with Gasteiger partial charge in [0.2, 0.25) is 0 Å². The van der Waals surface area contributed by atoms with Crippen molar-refractivity contribution in [3.8, 4) is 0 Å². The zero-order chi connectivity index (χ0) is 10.4. The highest BCUT2D eigenvalue weighted by atomic mass is 79.9. The molecule has 1 aliphatic rings. The Bertz CT molecular complexity index is 533. The van der Waals surface area contributed by atoms with Gasteiger partial charge in [-0.05, 0) is 33.6 Å². The summed E-state index contributed by atoms with van der Waals surface area (Å²) in [6.45, 7) is 1.82. The second kappa shape index (κ2) is 3.32. The monoisotopic (exact) mass is 268 g/mol. The van der Waals surface area contributed by atoms with E-state index < -0.39 is 0 Å². The summed E-state index contributed by atoms with van der Waals surface area (Å²) < 4.78 is 13.9. The number of aromatic amines is 1. The van der Waals surface area contributed by atoms with Gasteiger partial charge < -0.3 is 10.3 Å². The third-order valence-electron chi connectivity index (χ3n) is 2.89. The lowest BCUT2D eigenvalue weighted by molar-refractivity contribution is 0.622. The second-order valence-corrected chi connectivity index (χ2v) is 4.68. The van der Waals surface area contributed by atoms with Gasteiger partial charge >= 0.3 is 0 Å². The van der Waals surface area contributed by atoms with Crippen molar-refractivity contribution >= 4 is 26.8 Å². The van der Waals surface area contributed by atoms with E-state index >= 15 is 0 Å². The molecule has 0 spiro atoms. The molecular weight excluding hydrogens is 259 g/mol. The SMILES string of the molecule is Fc1cc2c3c([nH]c2cc1Br)CCNC3. The topological polar surface area (TPSA) is 27.8 Å². The highest BCUT2D eigenvalue weighted by Crippen LogP contribution is 2.29. The lowest BCUT2D eigenvalue weighted by Crippen LogP contribution is -2.22. The van der Waals surface area contributed by atoms with Crippen LogP contribution in [0.4, 0.5) is 4.39 Å². The van der Waals surface area contributed by atoms with Crippen molar-refractivity contribution in [2.24, 2.45) is 0 Å². The van der Waals surface area contributed by atoms with Crippen LogP contribution in [0.2, 0.25) is 0 Å². The van der Waals surface area contributed by atoms with Crippen LogP contribution in [0.1, 0.15) is 11.3 Å². The highest BCUT2D eigenvalue weighted by molar-refractivity contribution is 9.10. The van der Waals surface area contributed by atoms with Gasteiger partial charge in [-0.25, -0.2) is 4.39 Å². The minimum absolute atomic E-state index is 0.199. The standard InChI is InChI=1S/C11H10BrFN2/c12-8-4-11-6(3-9(8)13)7-5-14-2-1-10(7)15-11/h3-4,14-15H,1-2,5H2. The maximum atomic E-state index is 13.4. The number of halogens is 2. The number of hydrogen-bond donors (Lipinski definition) is 2. The smallest absolute Gasteiger partial charge is 0.138 e. The normalized spacial score (nSPS) is 15.6. The first kappa shape index (κ1) is 9.36. The van der Waals surface area contributed by atoms with Crippen LogP contribution in [0.25, 0.3) is 10.9 Å². The van der Waals surface area contributed by atoms with Crippen LogP contribution in [0.5, 0.6) is 0 Å². The van der Waals surface area contributed by atoms with Crippen LogP contribution in [0, 0.1) is 5.82 Å². The molecule has 3 rings (SSSR count). The maximum Gasteiger partial charge on any atom is 0.138 e. The van der Waals surface area contributed by atoms with E-state index in [9.17, 15) is 4.39 Å². The van der Waals surface area contributed by atoms with Crippen LogP contribution in [0.3, 0.4) is 0 Å². The molecule has 2 nitrogen and oxygen atoms in total. The molecule has 1 aromatic carbocycles. The second-order valence-electron chi connectivity index (χ2n) is 3.82. The summed E-state index contributed by atoms with van der Waals surface area (Å²) in [6.07, 6.45) is 0.989. The quantitative estimate of drug-likeness (QED) is 0.756. The minimum atomic E-state index is -0.199. The van der Waals surface area contributed by atoms with E-state index in [2.05, 4.69) is 26.2 Å². The van der Waals surface area contributed by atoms with Crippen LogP contribution >= 0.6 is 15.9 Å². The molecule has 2 aromatic rings. The molecule has 2 N–H and O–H groups in total. The number of H-pyrrole nitrogens is 1. The van der Waals surface area contributed by atoms with E-state index in [-0.39, 0.29) is 5.82 Å². The summed E-state index contributed by atoms with van der Waals surface area (Å²) >= 11 is 3.20. The predicted octanol–water partition coefficient (Wildman–Crippen LogP) is 2.72. The van der Waals surface area contributed by atoms with Crippen molar-refractivity contribution in [2.75, 3.05) is 6.54 Å². The molecule has 1 aliphatic heterocycles. The average molecular weight is 269 g/mol. The lowest BCUT2D eigenvalue weighted by atomic mass is 10.1. The van der Waals surface area contributed by atoms with Gasteiger partial charge in [-0.15, -0.1) is 0 Å². The van der Waals surface area contributed by atoms with Gasteiger partial charge in [-0.3, -0.25) is 0 Å². The number of nitrogens with one attached hydrogen (secondary N) is 2. The first-order valence-corrected chi connectivity index (χ1v) is 5.74. The Morgan fingerprint density at radius 3 is 3.07 bits per heavy atom. The van der Waals surface area contributed by atoms with Crippen molar-refractivity contribution in [1.82, 2.24) is 10.3 Å². The van der Waals surface area contributed by atoms with Gasteiger partial charge in [0.25, 0.3) is 0 Å². The Morgan fingerprint density at radius 2 is 2.20 bits per heavy atom. The van der Waals surface area contributed by atoms with E-state index in [4.69, 9.17) is 0 Å². The highest BCUT2D eigenvalue weighted by Gasteiger charge is 2.16. The largest absolute Gasteiger partial charge is 0.358 e. The summed E-state index contributed by atoms with van der Waals surface area (Å²) in [5.41, 5.74) is 3.46. The molecule has 0 atom stereocenters. The molecule has 0 amide bonds. The summed E-state index contributed by atoms with van der Waals surface area (Å²) in [5, 5.41) is 4.30. The van der Waals surface area contributed by atoms with Crippen LogP contribution in [0.15, 0.2) is 16.6 Å². The maximum absolute atomic E-state index is 13.4. The Labute approximate surface area is 95.0 Å². The van der Waals surface area contributed by atoms with Crippen LogP contribution in [-0.4, -0.2) is 11.5 Å². The Morgan fingerprint density at radius 1 is 1.33 bits per heavy atom. The third-order valence-corrected chi connectivity index (χ3v) is 3.50. The van der Waals surface area contributed by atoms with Crippen molar-refractivity contribution in [2.45, 2.75) is 13.0 Å². The van der Waals surface area contributed by atoms with E-state index in [1.807, 2.05) is 6.07 Å². The fraction of sp³-hybridized carbons (Fsp3) is 0.273. The van der Waals surface area contributed by atoms with E-state index in [0.29, 0.717) is 4.47 Å². The van der Waals surface area contributed by atoms with Crippen LogP contribution < -0.4 is 5.32 Å². The molecule has 0 bridgehead atoms. The molecule has 0 aliphatic carbocycles. The van der Waals surface area contributed by atoms with Crippen LogP contribution in [-0.2, 0) is 13.0 Å². The fourth-order valence-corrected chi connectivity index (χ4v) is 2.49. The predicted molar refractivity (Wildman–Crippen MR) is 61.4 cm³/mol. The number of aromatic nitrogens is 1. The van der Waals surface area contributed by atoms with Gasteiger partial charge in [-0.1, -0.05) is 0 Å². The zero-order valence-electron chi connectivity index (χ0n) is 8.03. The van der Waals surface area contributed by atoms with E-state index in [1.54, 1.807) is 6.07 Å². The van der Waals surface area contributed by atoms with Crippen molar-refractivity contribution in [3.05, 3.63) is 33.7 Å². The lowest BCUT2D eigenvalue weighted by Gasteiger charge is -2.12. The summed E-state index contributed by atoms with van der Waals surface area (Å²) in [6, 6.07) is 3.41. The molecule has 1 aromatic heterocycles. The van der Waals surface area contributed by atoms with Gasteiger partial charge in [0.05, 0.1) is 4.47 Å². The molecule has 15 heavy (non-hydrogen) atoms. The minimum Gasteiger partial charge on any atom is -0.358 e. The molecule has 0 fully saturated rings. The Kier molecular flexibility index (Phi) is 2.07. The summed E-state index contributed by atoms with van der Waals surface area (Å²) in [4.78, 5) is 3.35. The molecule has 4 heteroatoms. The molecule has 2 heterocycles. The molecular formula is C11H10BrFN2. The average Bonchev–Trinajstić information content (AvgIpc) is 2.57. The number of fused-ring (bicyclic) bond motifs is 3. The molecule has 78 valence electrons. The van der Waals surface area contributed by atoms with Crippen molar-refractivity contribution in [3.63, 3.8) is 0 Å².